The lowest BCUT2D eigenvalue weighted by atomic mass is 10.8. The Balaban J connectivity index is 3.76. The molecule has 5 heteroatoms. The third-order valence-electron chi connectivity index (χ3n) is 0.508. The fourth-order valence-corrected chi connectivity index (χ4v) is 0.775. The van der Waals surface area contributed by atoms with Gasteiger partial charge in [-0.05, 0) is 0 Å². The molecule has 0 aromatic rings. The quantitative estimate of drug-likeness (QED) is 0.594. The van der Waals surface area contributed by atoms with Crippen molar-refractivity contribution in [3.8, 4) is 0 Å². The molecule has 0 saturated carbocycles. The molecular formula is C3H8FNO2S. The van der Waals surface area contributed by atoms with Crippen molar-refractivity contribution in [1.29, 1.82) is 0 Å². The molecule has 0 aliphatic heterocycles. The van der Waals surface area contributed by atoms with Gasteiger partial charge in [0.15, 0.2) is 0 Å². The number of sulfonamides is 1. The predicted molar refractivity (Wildman–Crippen MR) is 28.6 cm³/mol. The summed E-state index contributed by atoms with van der Waals surface area (Å²) in [4.78, 5) is 0. The zero-order valence-electron chi connectivity index (χ0n) is 4.52. The molecule has 0 heterocycles. The first-order valence-corrected chi connectivity index (χ1v) is 3.81. The van der Waals surface area contributed by atoms with E-state index in [9.17, 15) is 12.8 Å². The van der Waals surface area contributed by atoms with Gasteiger partial charge in [0.1, 0.15) is 0 Å². The number of rotatable bonds is 3. The number of hydrogen-bond donors (Lipinski definition) is 1. The van der Waals surface area contributed by atoms with Gasteiger partial charge < -0.3 is 0 Å². The van der Waals surface area contributed by atoms with Gasteiger partial charge >= 0.3 is 0 Å². The lowest BCUT2D eigenvalue weighted by Crippen LogP contribution is -2.23. The van der Waals surface area contributed by atoms with Gasteiger partial charge in [-0.25, -0.2) is 17.5 Å². The Morgan fingerprint density at radius 1 is 1.62 bits per heavy atom. The summed E-state index contributed by atoms with van der Waals surface area (Å²) < 4.78 is 33.5. The van der Waals surface area contributed by atoms with Crippen molar-refractivity contribution in [2.24, 2.45) is 0 Å². The molecule has 0 amide bonds. The van der Waals surface area contributed by atoms with Crippen molar-refractivity contribution < 1.29 is 12.8 Å². The van der Waals surface area contributed by atoms with E-state index in [1.165, 1.54) is 0 Å². The second kappa shape index (κ2) is 2.99. The molecule has 0 fully saturated rings. The third kappa shape index (κ3) is 2.92. The molecule has 0 spiro atoms. The standard InChI is InChI=1S/C3H8FNO2S/c1-2-5-8(6,7)3-4/h5H,2-3H2,1H3. The van der Waals surface area contributed by atoms with E-state index in [0.29, 0.717) is 0 Å². The number of nitrogens with one attached hydrogen (secondary N) is 1. The second-order valence-electron chi connectivity index (χ2n) is 1.22. The summed E-state index contributed by atoms with van der Waals surface area (Å²) in [6, 6.07) is -1.33. The van der Waals surface area contributed by atoms with Crippen LogP contribution in [0.1, 0.15) is 6.92 Å². The van der Waals surface area contributed by atoms with E-state index in [0.717, 1.165) is 0 Å². The van der Waals surface area contributed by atoms with Crippen molar-refractivity contribution >= 4 is 10.0 Å². The van der Waals surface area contributed by atoms with Gasteiger partial charge in [-0.15, -0.1) is 0 Å². The highest BCUT2D eigenvalue weighted by atomic mass is 32.2. The van der Waals surface area contributed by atoms with E-state index < -0.39 is 16.0 Å². The molecule has 8 heavy (non-hydrogen) atoms. The minimum Gasteiger partial charge on any atom is -0.232 e. The van der Waals surface area contributed by atoms with E-state index >= 15 is 0 Å². The molecule has 0 aromatic carbocycles. The minimum absolute atomic E-state index is 0.242. The second-order valence-corrected chi connectivity index (χ2v) is 2.96. The Morgan fingerprint density at radius 2 is 2.12 bits per heavy atom. The average molecular weight is 141 g/mol. The molecule has 0 radical (unpaired) electrons. The van der Waals surface area contributed by atoms with Crippen LogP contribution < -0.4 is 4.72 Å². The summed E-state index contributed by atoms with van der Waals surface area (Å²) in [6.45, 7) is 1.83. The summed E-state index contributed by atoms with van der Waals surface area (Å²) in [5.74, 6) is 0. The molecule has 1 N–H and O–H groups in total. The molecule has 50 valence electrons. The van der Waals surface area contributed by atoms with E-state index in [2.05, 4.69) is 0 Å². The monoisotopic (exact) mass is 141 g/mol. The summed E-state index contributed by atoms with van der Waals surface area (Å²) >= 11 is 0. The maximum atomic E-state index is 11.3. The van der Waals surface area contributed by atoms with Crippen LogP contribution >= 0.6 is 0 Å². The molecule has 0 saturated heterocycles. The smallest absolute Gasteiger partial charge is 0.232 e. The van der Waals surface area contributed by atoms with Crippen LogP contribution in [0, 0.1) is 0 Å². The minimum atomic E-state index is -3.59. The predicted octanol–water partition coefficient (Wildman–Crippen LogP) is -0.147. The van der Waals surface area contributed by atoms with Crippen LogP contribution in [0.2, 0.25) is 0 Å². The van der Waals surface area contributed by atoms with Crippen molar-refractivity contribution in [1.82, 2.24) is 4.72 Å². The van der Waals surface area contributed by atoms with E-state index in [1.54, 1.807) is 6.92 Å². The van der Waals surface area contributed by atoms with E-state index in [-0.39, 0.29) is 6.54 Å². The first-order chi connectivity index (χ1) is 3.62. The van der Waals surface area contributed by atoms with Crippen LogP contribution in [-0.4, -0.2) is 21.0 Å². The molecule has 3 nitrogen and oxygen atoms in total. The van der Waals surface area contributed by atoms with Crippen LogP contribution in [0.4, 0.5) is 4.39 Å². The van der Waals surface area contributed by atoms with Crippen molar-refractivity contribution in [3.63, 3.8) is 0 Å². The normalized spacial score (nSPS) is 11.8. The fraction of sp³-hybridized carbons (Fsp3) is 1.00. The van der Waals surface area contributed by atoms with Crippen LogP contribution in [0.15, 0.2) is 0 Å². The summed E-state index contributed by atoms with van der Waals surface area (Å²) in [7, 11) is -3.59. The summed E-state index contributed by atoms with van der Waals surface area (Å²) in [5, 5.41) is 0. The average Bonchev–Trinajstić information content (AvgIpc) is 1.67. The van der Waals surface area contributed by atoms with Gasteiger partial charge in [0, 0.05) is 6.54 Å². The zero-order chi connectivity index (χ0) is 6.62. The zero-order valence-corrected chi connectivity index (χ0v) is 5.33. The molecule has 0 aliphatic rings. The highest BCUT2D eigenvalue weighted by Gasteiger charge is 2.04. The molecule has 0 aromatic heterocycles. The number of alkyl halides is 1. The molecule has 0 rings (SSSR count). The molecule has 0 unspecified atom stereocenters. The molecule has 0 bridgehead atoms. The molecular weight excluding hydrogens is 133 g/mol. The van der Waals surface area contributed by atoms with Gasteiger partial charge in [-0.1, -0.05) is 6.92 Å². The van der Waals surface area contributed by atoms with Crippen molar-refractivity contribution in [3.05, 3.63) is 0 Å². The fourth-order valence-electron chi connectivity index (χ4n) is 0.258. The molecule has 0 aliphatic carbocycles. The van der Waals surface area contributed by atoms with Gasteiger partial charge in [-0.3, -0.25) is 0 Å². The maximum absolute atomic E-state index is 11.3. The Morgan fingerprint density at radius 3 is 2.25 bits per heavy atom. The van der Waals surface area contributed by atoms with Gasteiger partial charge in [0.25, 0.3) is 0 Å². The highest BCUT2D eigenvalue weighted by Crippen LogP contribution is 1.81. The first kappa shape index (κ1) is 7.84. The Bertz CT molecular complexity index is 141. The Labute approximate surface area is 47.9 Å². The largest absolute Gasteiger partial charge is 0.241 e. The van der Waals surface area contributed by atoms with Crippen molar-refractivity contribution in [2.45, 2.75) is 6.92 Å². The lowest BCUT2D eigenvalue weighted by molar-refractivity contribution is 0.525. The lowest BCUT2D eigenvalue weighted by Gasteiger charge is -1.94. The highest BCUT2D eigenvalue weighted by molar-refractivity contribution is 7.89. The summed E-state index contributed by atoms with van der Waals surface area (Å²) in [5.41, 5.74) is 0. The van der Waals surface area contributed by atoms with Gasteiger partial charge in [0.05, 0.1) is 0 Å². The molecule has 0 atom stereocenters. The van der Waals surface area contributed by atoms with Gasteiger partial charge in [-0.2, -0.15) is 0 Å². The Hall–Kier alpha value is -0.160. The van der Waals surface area contributed by atoms with E-state index in [4.69, 9.17) is 0 Å². The van der Waals surface area contributed by atoms with Crippen LogP contribution in [0.3, 0.4) is 0 Å². The first-order valence-electron chi connectivity index (χ1n) is 2.15. The topological polar surface area (TPSA) is 46.2 Å². The third-order valence-corrected chi connectivity index (χ3v) is 1.52. The Kier molecular flexibility index (Phi) is 2.93. The summed E-state index contributed by atoms with van der Waals surface area (Å²) in [6.07, 6.45) is 0. The van der Waals surface area contributed by atoms with Crippen LogP contribution in [0.5, 0.6) is 0 Å². The van der Waals surface area contributed by atoms with Crippen LogP contribution in [-0.2, 0) is 10.0 Å². The SMILES string of the molecule is CCNS(=O)(=O)CF. The van der Waals surface area contributed by atoms with E-state index in [1.807, 2.05) is 4.72 Å². The van der Waals surface area contributed by atoms with Gasteiger partial charge in [0.2, 0.25) is 16.0 Å². The van der Waals surface area contributed by atoms with Crippen molar-refractivity contribution in [2.75, 3.05) is 12.6 Å². The maximum Gasteiger partial charge on any atom is 0.241 e. The number of halogens is 1. The van der Waals surface area contributed by atoms with Crippen LogP contribution in [0.25, 0.3) is 0 Å². The number of hydrogen-bond acceptors (Lipinski definition) is 2.